The van der Waals surface area contributed by atoms with Crippen LogP contribution in [0.2, 0.25) is 0 Å². The summed E-state index contributed by atoms with van der Waals surface area (Å²) in [5.41, 5.74) is 7.86. The molecule has 0 saturated carbocycles. The molecule has 5 heteroatoms. The topological polar surface area (TPSA) is 65.0 Å². The quantitative estimate of drug-likeness (QED) is 0.170. The van der Waals surface area contributed by atoms with Gasteiger partial charge in [-0.2, -0.15) is 0 Å². The van der Waals surface area contributed by atoms with Crippen molar-refractivity contribution in [1.82, 2.24) is 15.0 Å². The van der Waals surface area contributed by atoms with E-state index in [-0.39, 0.29) is 0 Å². The highest BCUT2D eigenvalue weighted by Gasteiger charge is 2.24. The summed E-state index contributed by atoms with van der Waals surface area (Å²) in [6.45, 7) is 0. The van der Waals surface area contributed by atoms with Crippen LogP contribution in [0.1, 0.15) is 0 Å². The van der Waals surface area contributed by atoms with Crippen LogP contribution in [0.3, 0.4) is 0 Å². The molecule has 0 N–H and O–H groups in total. The predicted octanol–water partition coefficient (Wildman–Crippen LogP) is 13.8. The first-order valence-corrected chi connectivity index (χ1v) is 18.8. The summed E-state index contributed by atoms with van der Waals surface area (Å²) in [6.07, 6.45) is 0. The van der Waals surface area contributed by atoms with E-state index in [1.54, 1.807) is 0 Å². The number of hydrogen-bond donors (Lipinski definition) is 0. The molecular weight excluding hydrogens is 687 g/mol. The highest BCUT2D eigenvalue weighted by molar-refractivity contribution is 6.23. The molecule has 12 rings (SSSR count). The van der Waals surface area contributed by atoms with Gasteiger partial charge in [0.25, 0.3) is 0 Å². The Hall–Kier alpha value is -7.63. The average molecular weight is 716 g/mol. The molecule has 0 fully saturated rings. The summed E-state index contributed by atoms with van der Waals surface area (Å²) >= 11 is 0. The molecule has 0 aliphatic heterocycles. The summed E-state index contributed by atoms with van der Waals surface area (Å²) in [7, 11) is 0. The molecule has 0 saturated heterocycles. The maximum absolute atomic E-state index is 6.88. The van der Waals surface area contributed by atoms with Gasteiger partial charge >= 0.3 is 0 Å². The fraction of sp³-hybridized carbons (Fsp3) is 0. The molecule has 3 heterocycles. The van der Waals surface area contributed by atoms with Crippen LogP contribution in [0.4, 0.5) is 0 Å². The van der Waals surface area contributed by atoms with Crippen LogP contribution < -0.4 is 0 Å². The van der Waals surface area contributed by atoms with E-state index in [1.165, 1.54) is 16.2 Å². The van der Waals surface area contributed by atoms with Gasteiger partial charge in [-0.15, -0.1) is 0 Å². The van der Waals surface area contributed by atoms with Crippen LogP contribution in [0.5, 0.6) is 0 Å². The molecule has 0 atom stereocenters. The number of aromatic nitrogens is 3. The first-order valence-electron chi connectivity index (χ1n) is 18.8. The first-order chi connectivity index (χ1) is 27.7. The van der Waals surface area contributed by atoms with Crippen molar-refractivity contribution in [3.05, 3.63) is 176 Å². The fourth-order valence-electron chi connectivity index (χ4n) is 8.48. The van der Waals surface area contributed by atoms with Crippen molar-refractivity contribution in [3.63, 3.8) is 0 Å². The summed E-state index contributed by atoms with van der Waals surface area (Å²) in [6, 6.07) is 60.9. The number of hydrogen-bond acceptors (Lipinski definition) is 5. The van der Waals surface area contributed by atoms with Gasteiger partial charge < -0.3 is 8.83 Å². The smallest absolute Gasteiger partial charge is 0.164 e. The second-order valence-corrected chi connectivity index (χ2v) is 14.3. The molecular formula is C51H29N3O2. The molecule has 0 amide bonds. The molecule has 9 aromatic carbocycles. The van der Waals surface area contributed by atoms with Crippen LogP contribution in [0.25, 0.3) is 121 Å². The molecule has 260 valence electrons. The van der Waals surface area contributed by atoms with Crippen molar-refractivity contribution in [2.75, 3.05) is 0 Å². The molecule has 0 radical (unpaired) electrons. The lowest BCUT2D eigenvalue weighted by Gasteiger charge is -2.13. The largest absolute Gasteiger partial charge is 0.455 e. The van der Waals surface area contributed by atoms with Gasteiger partial charge in [-0.1, -0.05) is 140 Å². The van der Waals surface area contributed by atoms with Crippen molar-refractivity contribution in [3.8, 4) is 45.3 Å². The summed E-state index contributed by atoms with van der Waals surface area (Å²) < 4.78 is 13.6. The standard InChI is InChI=1S/C51H29N3O2/c1-2-13-32(14-3-1)49-52-50(34-25-24-31-23-22-30-12-4-6-16-35(30)41(31)29-34)54-51(53-49)40-27-26-39(47-46(40)38-19-9-11-21-44(38)56-47)45-36-17-7-5-15-33(36)28-42-37-18-8-10-20-43(37)55-48(42)45/h1-29H. The summed E-state index contributed by atoms with van der Waals surface area (Å²) in [5, 5.41) is 11.0. The van der Waals surface area contributed by atoms with Gasteiger partial charge in [-0.3, -0.25) is 0 Å². The SMILES string of the molecule is c1ccc(-c2nc(-c3ccc4ccc5ccccc5c4c3)nc(-c3ccc(-c4c5ccccc5cc5c4oc4ccccc45)c4oc5ccccc5c34)n2)cc1. The number of nitrogens with zero attached hydrogens (tertiary/aromatic N) is 3. The van der Waals surface area contributed by atoms with Gasteiger partial charge in [0.05, 0.1) is 0 Å². The first kappa shape index (κ1) is 30.8. The molecule has 56 heavy (non-hydrogen) atoms. The zero-order valence-electron chi connectivity index (χ0n) is 29.9. The monoisotopic (exact) mass is 715 g/mol. The Bertz CT molecular complexity index is 3550. The van der Waals surface area contributed by atoms with Crippen molar-refractivity contribution in [2.24, 2.45) is 0 Å². The third-order valence-corrected chi connectivity index (χ3v) is 11.1. The number of furan rings is 2. The number of para-hydroxylation sites is 2. The Morgan fingerprint density at radius 1 is 0.321 bits per heavy atom. The second-order valence-electron chi connectivity index (χ2n) is 14.3. The van der Waals surface area contributed by atoms with Crippen LogP contribution in [0, 0.1) is 0 Å². The lowest BCUT2D eigenvalue weighted by Crippen LogP contribution is -2.00. The Morgan fingerprint density at radius 3 is 1.71 bits per heavy atom. The Kier molecular flexibility index (Phi) is 6.56. The zero-order chi connectivity index (χ0) is 36.7. The summed E-state index contributed by atoms with van der Waals surface area (Å²) in [5.74, 6) is 1.78. The lowest BCUT2D eigenvalue weighted by molar-refractivity contribution is 0.665. The number of fused-ring (bicyclic) bond motifs is 10. The lowest BCUT2D eigenvalue weighted by atomic mass is 9.92. The van der Waals surface area contributed by atoms with E-state index in [2.05, 4.69) is 121 Å². The van der Waals surface area contributed by atoms with Crippen LogP contribution in [-0.2, 0) is 0 Å². The average Bonchev–Trinajstić information content (AvgIpc) is 3.84. The van der Waals surface area contributed by atoms with E-state index in [0.29, 0.717) is 17.5 Å². The molecule has 0 unspecified atom stereocenters. The normalized spacial score (nSPS) is 11.9. The zero-order valence-corrected chi connectivity index (χ0v) is 29.9. The molecule has 3 aromatic heterocycles. The Balaban J connectivity index is 1.15. The number of rotatable bonds is 4. The Morgan fingerprint density at radius 2 is 0.893 bits per heavy atom. The van der Waals surface area contributed by atoms with Crippen LogP contribution >= 0.6 is 0 Å². The van der Waals surface area contributed by atoms with E-state index in [4.69, 9.17) is 23.8 Å². The molecule has 12 aromatic rings. The van der Waals surface area contributed by atoms with E-state index < -0.39 is 0 Å². The van der Waals surface area contributed by atoms with Gasteiger partial charge in [0, 0.05) is 49.4 Å². The maximum atomic E-state index is 6.88. The minimum atomic E-state index is 0.571. The predicted molar refractivity (Wildman–Crippen MR) is 229 cm³/mol. The van der Waals surface area contributed by atoms with Gasteiger partial charge in [0.1, 0.15) is 22.3 Å². The minimum absolute atomic E-state index is 0.571. The minimum Gasteiger partial charge on any atom is -0.455 e. The van der Waals surface area contributed by atoms with Crippen molar-refractivity contribution >= 4 is 76.2 Å². The fourth-order valence-corrected chi connectivity index (χ4v) is 8.48. The second kappa shape index (κ2) is 11.9. The van der Waals surface area contributed by atoms with Crippen molar-refractivity contribution < 1.29 is 8.83 Å². The van der Waals surface area contributed by atoms with Gasteiger partial charge in [0.15, 0.2) is 17.5 Å². The molecule has 0 aliphatic carbocycles. The highest BCUT2D eigenvalue weighted by atomic mass is 16.3. The molecule has 0 spiro atoms. The van der Waals surface area contributed by atoms with Gasteiger partial charge in [-0.25, -0.2) is 15.0 Å². The van der Waals surface area contributed by atoms with Gasteiger partial charge in [-0.05, 0) is 68.7 Å². The third-order valence-electron chi connectivity index (χ3n) is 11.1. The summed E-state index contributed by atoms with van der Waals surface area (Å²) in [4.78, 5) is 15.6. The number of benzene rings is 9. The van der Waals surface area contributed by atoms with Gasteiger partial charge in [0.2, 0.25) is 0 Å². The van der Waals surface area contributed by atoms with E-state index in [0.717, 1.165) is 87.9 Å². The third kappa shape index (κ3) is 4.64. The van der Waals surface area contributed by atoms with Crippen molar-refractivity contribution in [1.29, 1.82) is 0 Å². The Labute approximate surface area is 320 Å². The molecule has 0 bridgehead atoms. The van der Waals surface area contributed by atoms with Crippen LogP contribution in [-0.4, -0.2) is 15.0 Å². The van der Waals surface area contributed by atoms with E-state index in [9.17, 15) is 0 Å². The molecule has 0 aliphatic rings. The van der Waals surface area contributed by atoms with Crippen molar-refractivity contribution in [2.45, 2.75) is 0 Å². The maximum Gasteiger partial charge on any atom is 0.164 e. The van der Waals surface area contributed by atoms with E-state index >= 15 is 0 Å². The highest BCUT2D eigenvalue weighted by Crippen LogP contribution is 2.47. The van der Waals surface area contributed by atoms with Crippen LogP contribution in [0.15, 0.2) is 185 Å². The molecule has 5 nitrogen and oxygen atoms in total. The van der Waals surface area contributed by atoms with E-state index in [1.807, 2.05) is 54.6 Å².